The largest absolute Gasteiger partial charge is 0.340 e. The number of fused-ring (bicyclic) bond motifs is 3. The number of benzene rings is 11. The van der Waals surface area contributed by atoms with Crippen LogP contribution in [0, 0.1) is 0 Å². The van der Waals surface area contributed by atoms with Crippen LogP contribution in [-0.4, -0.2) is 4.57 Å². The fraction of sp³-hybridized carbons (Fsp3) is 0.0294. The maximum atomic E-state index is 2.53. The maximum Gasteiger partial charge on any atom is 0.0571 e. The Hall–Kier alpha value is -8.78. The fourth-order valence-electron chi connectivity index (χ4n) is 9.79. The third-order valence-corrected chi connectivity index (χ3v) is 13.3. The van der Waals surface area contributed by atoms with E-state index in [1.807, 2.05) is 0 Å². The first-order valence-electron chi connectivity index (χ1n) is 24.0. The Morgan fingerprint density at radius 3 is 0.652 bits per heavy atom. The van der Waals surface area contributed by atoms with Crippen molar-refractivity contribution in [2.75, 3.05) is 0 Å². The van der Waals surface area contributed by atoms with Crippen LogP contribution in [0.15, 0.2) is 279 Å². The highest BCUT2D eigenvalue weighted by atomic mass is 15.0. The zero-order valence-corrected chi connectivity index (χ0v) is 38.7. The van der Waals surface area contributed by atoms with Crippen LogP contribution >= 0.6 is 0 Å². The lowest BCUT2D eigenvalue weighted by Gasteiger charge is -2.14. The van der Waals surface area contributed by atoms with E-state index in [0.717, 1.165) is 6.54 Å². The number of aryl methyl sites for hydroxylation is 1. The molecule has 0 amide bonds. The van der Waals surface area contributed by atoms with Crippen molar-refractivity contribution in [2.24, 2.45) is 0 Å². The van der Waals surface area contributed by atoms with E-state index >= 15 is 0 Å². The van der Waals surface area contributed by atoms with Crippen LogP contribution in [0.2, 0.25) is 0 Å². The summed E-state index contributed by atoms with van der Waals surface area (Å²) in [6.07, 6.45) is 0. The minimum Gasteiger partial charge on any atom is -0.340 e. The van der Waals surface area contributed by atoms with Gasteiger partial charge in [0.15, 0.2) is 0 Å². The molecule has 328 valence electrons. The van der Waals surface area contributed by atoms with E-state index in [2.05, 4.69) is 291 Å². The first kappa shape index (κ1) is 42.8. The van der Waals surface area contributed by atoms with Gasteiger partial charge in [0, 0.05) is 28.4 Å². The van der Waals surface area contributed by atoms with E-state index in [-0.39, 0.29) is 0 Å². The van der Waals surface area contributed by atoms with Crippen molar-refractivity contribution < 1.29 is 0 Å². The Balaban J connectivity index is 0.000000156. The van der Waals surface area contributed by atoms with Gasteiger partial charge < -0.3 is 4.57 Å². The monoisotopic (exact) mass is 881 g/mol. The van der Waals surface area contributed by atoms with Crippen LogP contribution in [0.1, 0.15) is 6.92 Å². The maximum absolute atomic E-state index is 2.53. The predicted molar refractivity (Wildman–Crippen MR) is 295 cm³/mol. The average Bonchev–Trinajstić information content (AvgIpc) is 3.77. The second kappa shape index (κ2) is 19.6. The molecule has 0 fully saturated rings. The number of hydrogen-bond donors (Lipinski definition) is 0. The van der Waals surface area contributed by atoms with Gasteiger partial charge in [0.05, 0.1) is 11.0 Å². The van der Waals surface area contributed by atoms with Gasteiger partial charge in [-0.1, -0.05) is 255 Å². The summed E-state index contributed by atoms with van der Waals surface area (Å²) in [7, 11) is 0. The second-order valence-electron chi connectivity index (χ2n) is 17.5. The Morgan fingerprint density at radius 2 is 0.420 bits per heavy atom. The SMILES string of the molecule is CCn1c2c(-c3ccccc3)cc(-c3ccccc3)cc2c2cc(-c3ccccc3)cc(-c3ccccc3)c21.c1ccc(-c2ccc(-c3ccc(-c4ccc(-c5ccccc5)cc4)cc3)cc2)cc1. The molecule has 0 aliphatic heterocycles. The number of nitrogens with zero attached hydrogens (tertiary/aromatic N) is 1. The second-order valence-corrected chi connectivity index (χ2v) is 17.5. The standard InChI is InChI=1S/C38H29N.C30H22/c1-2-39-37-33(29-19-11-5-12-20-29)23-31(27-15-7-3-8-16-27)25-35(37)36-26-32(28-17-9-4-10-18-28)24-34(38(36)39)30-21-13-6-14-22-30;1-3-7-23(8-4-1)25-11-15-27(16-12-25)29-19-21-30(22-20-29)28-17-13-26(14-18-28)24-9-5-2-6-10-24/h3-26H,2H2,1H3;1-22H. The molecule has 1 heteroatoms. The molecule has 1 nitrogen and oxygen atoms in total. The summed E-state index contributed by atoms with van der Waals surface area (Å²) in [4.78, 5) is 0. The molecule has 69 heavy (non-hydrogen) atoms. The van der Waals surface area contributed by atoms with Crippen LogP contribution in [0.5, 0.6) is 0 Å². The minimum absolute atomic E-state index is 0.884. The van der Waals surface area contributed by atoms with Crippen molar-refractivity contribution in [3.05, 3.63) is 279 Å². The zero-order valence-electron chi connectivity index (χ0n) is 38.7. The van der Waals surface area contributed by atoms with E-state index in [9.17, 15) is 0 Å². The lowest BCUT2D eigenvalue weighted by molar-refractivity contribution is 0.828. The molecule has 12 rings (SSSR count). The van der Waals surface area contributed by atoms with Crippen molar-refractivity contribution in [1.82, 2.24) is 4.57 Å². The molecule has 0 spiro atoms. The quantitative estimate of drug-likeness (QED) is 0.136. The molecule has 0 N–H and O–H groups in total. The van der Waals surface area contributed by atoms with E-state index in [0.29, 0.717) is 0 Å². The summed E-state index contributed by atoms with van der Waals surface area (Å²) < 4.78 is 2.53. The fourth-order valence-corrected chi connectivity index (χ4v) is 9.79. The minimum atomic E-state index is 0.884. The van der Waals surface area contributed by atoms with Crippen molar-refractivity contribution in [2.45, 2.75) is 13.5 Å². The third kappa shape index (κ3) is 8.95. The van der Waals surface area contributed by atoms with Crippen molar-refractivity contribution in [3.63, 3.8) is 0 Å². The molecule has 0 unspecified atom stereocenters. The van der Waals surface area contributed by atoms with Crippen LogP contribution < -0.4 is 0 Å². The van der Waals surface area contributed by atoms with Gasteiger partial charge in [-0.2, -0.15) is 0 Å². The lowest BCUT2D eigenvalue weighted by atomic mass is 9.93. The van der Waals surface area contributed by atoms with Gasteiger partial charge >= 0.3 is 0 Å². The normalized spacial score (nSPS) is 11.0. The molecular weight excluding hydrogens is 831 g/mol. The van der Waals surface area contributed by atoms with E-state index in [1.165, 1.54) is 111 Å². The molecule has 1 heterocycles. The summed E-state index contributed by atoms with van der Waals surface area (Å²) in [5.74, 6) is 0. The Bertz CT molecular complexity index is 3360. The van der Waals surface area contributed by atoms with E-state index < -0.39 is 0 Å². The Morgan fingerprint density at radius 1 is 0.217 bits per heavy atom. The smallest absolute Gasteiger partial charge is 0.0571 e. The van der Waals surface area contributed by atoms with Crippen molar-refractivity contribution >= 4 is 21.8 Å². The molecule has 0 bridgehead atoms. The van der Waals surface area contributed by atoms with Gasteiger partial charge in [-0.05, 0) is 109 Å². The molecule has 0 aliphatic carbocycles. The number of rotatable bonds is 9. The summed E-state index contributed by atoms with van der Waals surface area (Å²) in [5.41, 5.74) is 22.5. The molecule has 0 saturated carbocycles. The van der Waals surface area contributed by atoms with Gasteiger partial charge in [-0.15, -0.1) is 0 Å². The number of hydrogen-bond acceptors (Lipinski definition) is 0. The van der Waals surface area contributed by atoms with E-state index in [4.69, 9.17) is 0 Å². The predicted octanol–water partition coefficient (Wildman–Crippen LogP) is 18.8. The molecule has 0 saturated heterocycles. The van der Waals surface area contributed by atoms with Gasteiger partial charge in [-0.25, -0.2) is 0 Å². The molecule has 0 radical (unpaired) electrons. The molecule has 1 aromatic heterocycles. The summed E-state index contributed by atoms with van der Waals surface area (Å²) in [6, 6.07) is 100. The van der Waals surface area contributed by atoms with Crippen molar-refractivity contribution in [3.8, 4) is 89.0 Å². The molecule has 0 atom stereocenters. The summed E-state index contributed by atoms with van der Waals surface area (Å²) in [5, 5.41) is 2.59. The van der Waals surface area contributed by atoms with Crippen LogP contribution in [0.25, 0.3) is 111 Å². The van der Waals surface area contributed by atoms with Crippen LogP contribution in [-0.2, 0) is 6.54 Å². The van der Waals surface area contributed by atoms with Gasteiger partial charge in [0.1, 0.15) is 0 Å². The Labute approximate surface area is 405 Å². The zero-order chi connectivity index (χ0) is 46.4. The third-order valence-electron chi connectivity index (χ3n) is 13.3. The lowest BCUT2D eigenvalue weighted by Crippen LogP contribution is -1.97. The molecule has 0 aliphatic rings. The topological polar surface area (TPSA) is 4.93 Å². The molecular formula is C68H51N. The van der Waals surface area contributed by atoms with Crippen molar-refractivity contribution in [1.29, 1.82) is 0 Å². The highest BCUT2D eigenvalue weighted by Crippen LogP contribution is 2.44. The molecule has 12 aromatic rings. The summed E-state index contributed by atoms with van der Waals surface area (Å²) in [6.45, 7) is 3.15. The number of aromatic nitrogens is 1. The van der Waals surface area contributed by atoms with Crippen LogP contribution in [0.3, 0.4) is 0 Å². The van der Waals surface area contributed by atoms with Gasteiger partial charge in [0.25, 0.3) is 0 Å². The van der Waals surface area contributed by atoms with Gasteiger partial charge in [-0.3, -0.25) is 0 Å². The summed E-state index contributed by atoms with van der Waals surface area (Å²) >= 11 is 0. The highest BCUT2D eigenvalue weighted by molar-refractivity contribution is 6.18. The first-order valence-corrected chi connectivity index (χ1v) is 24.0. The molecule has 11 aromatic carbocycles. The Kier molecular flexibility index (Phi) is 12.2. The van der Waals surface area contributed by atoms with Crippen LogP contribution in [0.4, 0.5) is 0 Å². The van der Waals surface area contributed by atoms with E-state index in [1.54, 1.807) is 0 Å². The highest BCUT2D eigenvalue weighted by Gasteiger charge is 2.21. The van der Waals surface area contributed by atoms with Gasteiger partial charge in [0.2, 0.25) is 0 Å². The average molecular weight is 882 g/mol. The first-order chi connectivity index (χ1) is 34.2.